The minimum atomic E-state index is 1.23. The Morgan fingerprint density at radius 1 is 0.0758 bits per heavy atom. The van der Waals surface area contributed by atoms with E-state index in [0.717, 1.165) is 0 Å². The fourth-order valence-corrected chi connectivity index (χ4v) is 23.3. The highest BCUT2D eigenvalue weighted by Gasteiger charge is 2.24. The molecular weight excluding hydrogens is 1590 g/mol. The molecule has 30 rings (SSSR count). The molecule has 0 atom stereocenters. The molecule has 0 nitrogen and oxygen atoms in total. The zero-order valence-corrected chi connectivity index (χ0v) is 72.0. The molecule has 0 aliphatic carbocycles. The smallest absolute Gasteiger partial charge is 0.00206 e. The summed E-state index contributed by atoms with van der Waals surface area (Å²) < 4.78 is 0. The molecule has 0 bridgehead atoms. The van der Waals surface area contributed by atoms with Crippen molar-refractivity contribution < 1.29 is 0 Å². The largest absolute Gasteiger partial charge is 0.0616 e. The van der Waals surface area contributed by atoms with Gasteiger partial charge in [-0.2, -0.15) is 0 Å². The Morgan fingerprint density at radius 3 is 0.455 bits per heavy atom. The van der Waals surface area contributed by atoms with Crippen molar-refractivity contribution in [2.75, 3.05) is 0 Å². The molecule has 606 valence electrons. The summed E-state index contributed by atoms with van der Waals surface area (Å²) in [7, 11) is 0. The summed E-state index contributed by atoms with van der Waals surface area (Å²) in [5.74, 6) is 0. The summed E-state index contributed by atoms with van der Waals surface area (Å²) in [5, 5.41) is 47.5. The Bertz CT molecular complexity index is 9460. The van der Waals surface area contributed by atoms with E-state index < -0.39 is 0 Å². The molecule has 30 aromatic rings. The molecule has 0 radical (unpaired) electrons. The third-order valence-electron chi connectivity index (χ3n) is 29.3. The first-order valence-corrected chi connectivity index (χ1v) is 46.1. The normalized spacial score (nSPS) is 12.1. The lowest BCUT2D eigenvalue weighted by molar-refractivity contribution is 1.59. The van der Waals surface area contributed by atoms with Crippen LogP contribution < -0.4 is 0 Å². The van der Waals surface area contributed by atoms with Crippen molar-refractivity contribution in [3.63, 3.8) is 0 Å². The third-order valence-corrected chi connectivity index (χ3v) is 29.3. The molecule has 132 heavy (non-hydrogen) atoms. The lowest BCUT2D eigenvalue weighted by atomic mass is 9.84. The molecule has 30 aromatic carbocycles. The second-order valence-corrected chi connectivity index (χ2v) is 36.2. The molecule has 0 fully saturated rings. The van der Waals surface area contributed by atoms with Gasteiger partial charge in [-0.25, -0.2) is 0 Å². The Hall–Kier alpha value is -17.2. The average molecular weight is 1660 g/mol. The van der Waals surface area contributed by atoms with E-state index in [-0.39, 0.29) is 0 Å². The standard InChI is InChI=1S/3C44H26/c1-5-27-13-15-31-17-21-37(39-23-19-29(7-1)41(27)43(31)39)35-11-3-9-33(25-35)34-10-4-12-36(26-34)38-22-18-32-16-14-28-6-2-8-30-20-24-40(38)44(32)42(28)30;1-3-13-35(37-23-19-31-17-15-27-7-5-9-29-21-25-39(37)43(31)41(27)29)33(11-1)34-12-2-4-14-36(34)38-24-20-32-18-16-28-8-6-10-30-22-26-40(38)44(32)42(28)30;1-2-13-37(38-23-19-32-17-15-28-7-4-9-30-21-25-40(38)44(32)42(28)30)35(12-1)33-10-5-11-34(26-33)36-22-18-31-16-14-27-6-3-8-29-20-24-39(36)43(31)41(27)29/h3*1-26H. The van der Waals surface area contributed by atoms with E-state index in [4.69, 9.17) is 0 Å². The topological polar surface area (TPSA) is 0 Å². The van der Waals surface area contributed by atoms with E-state index in [2.05, 4.69) is 473 Å². The van der Waals surface area contributed by atoms with Gasteiger partial charge in [0, 0.05) is 0 Å². The minimum absolute atomic E-state index is 1.23. The molecule has 0 heterocycles. The number of benzene rings is 30. The van der Waals surface area contributed by atoms with E-state index >= 15 is 0 Å². The molecular formula is C132H78. The highest BCUT2D eigenvalue weighted by atomic mass is 14.3. The van der Waals surface area contributed by atoms with E-state index in [1.807, 2.05) is 0 Å². The van der Waals surface area contributed by atoms with Crippen molar-refractivity contribution in [3.8, 4) is 100 Å². The molecule has 0 aliphatic rings. The zero-order valence-electron chi connectivity index (χ0n) is 72.0. The number of rotatable bonds is 9. The summed E-state index contributed by atoms with van der Waals surface area (Å²) in [4.78, 5) is 0. The predicted molar refractivity (Wildman–Crippen MR) is 570 cm³/mol. The van der Waals surface area contributed by atoms with Crippen LogP contribution in [0.2, 0.25) is 0 Å². The fourth-order valence-electron chi connectivity index (χ4n) is 23.3. The lowest BCUT2D eigenvalue weighted by Crippen LogP contribution is -1.92. The first-order valence-electron chi connectivity index (χ1n) is 46.1. The Labute approximate surface area is 761 Å². The Morgan fingerprint density at radius 2 is 0.220 bits per heavy atom. The van der Waals surface area contributed by atoms with Gasteiger partial charge in [-0.05, 0) is 312 Å². The van der Waals surface area contributed by atoms with Crippen molar-refractivity contribution in [2.24, 2.45) is 0 Å². The SMILES string of the molecule is c1cc(-c2cccc(-c3ccc4ccc5cccc6ccc3c4c56)c2)cc(-c2ccc3ccc4cccc5ccc2c3c45)c1.c1cc(-c2ccccc2-c2ccc3ccc4cccc5ccc2c3c45)cc(-c2ccc3ccc4cccc5ccc2c3c45)c1.c1ccc(-c2ccc3ccc4cccc5ccc2c3c45)c(-c2ccccc2-c2ccc3ccc4cccc5ccc2c3c45)c1. The van der Waals surface area contributed by atoms with Gasteiger partial charge in [0.05, 0.1) is 0 Å². The van der Waals surface area contributed by atoms with Crippen LogP contribution in [0.25, 0.3) is 294 Å². The molecule has 0 aromatic heterocycles. The first kappa shape index (κ1) is 74.0. The molecule has 0 saturated heterocycles. The van der Waals surface area contributed by atoms with Crippen LogP contribution in [0.3, 0.4) is 0 Å². The maximum Gasteiger partial charge on any atom is -0.00206 e. The highest BCUT2D eigenvalue weighted by Crippen LogP contribution is 2.51. The number of hydrogen-bond donors (Lipinski definition) is 0. The van der Waals surface area contributed by atoms with Crippen LogP contribution in [-0.2, 0) is 0 Å². The van der Waals surface area contributed by atoms with Crippen LogP contribution in [0, 0.1) is 0 Å². The molecule has 0 saturated carbocycles. The van der Waals surface area contributed by atoms with E-state index in [1.54, 1.807) is 0 Å². The fraction of sp³-hybridized carbons (Fsp3) is 0. The molecule has 0 aliphatic heterocycles. The molecule has 0 N–H and O–H groups in total. The monoisotopic (exact) mass is 1660 g/mol. The minimum Gasteiger partial charge on any atom is -0.0616 e. The van der Waals surface area contributed by atoms with Gasteiger partial charge in [0.25, 0.3) is 0 Å². The molecule has 0 unspecified atom stereocenters. The number of hydrogen-bond acceptors (Lipinski definition) is 0. The summed E-state index contributed by atoms with van der Waals surface area (Å²) in [6, 6.07) is 176. The quantitative estimate of drug-likeness (QED) is 0.126. The second kappa shape index (κ2) is 29.2. The van der Waals surface area contributed by atoms with Gasteiger partial charge in [-0.15, -0.1) is 0 Å². The highest BCUT2D eigenvalue weighted by molar-refractivity contribution is 6.32. The summed E-state index contributed by atoms with van der Waals surface area (Å²) >= 11 is 0. The lowest BCUT2D eigenvalue weighted by Gasteiger charge is -2.19. The van der Waals surface area contributed by atoms with Crippen LogP contribution in [0.15, 0.2) is 473 Å². The van der Waals surface area contributed by atoms with Crippen LogP contribution in [0.1, 0.15) is 0 Å². The summed E-state index contributed by atoms with van der Waals surface area (Å²) in [6.45, 7) is 0. The van der Waals surface area contributed by atoms with Crippen LogP contribution in [0.4, 0.5) is 0 Å². The zero-order chi connectivity index (χ0) is 86.3. The van der Waals surface area contributed by atoms with Gasteiger partial charge in [0.1, 0.15) is 0 Å². The van der Waals surface area contributed by atoms with E-state index in [9.17, 15) is 0 Å². The summed E-state index contributed by atoms with van der Waals surface area (Å²) in [6.07, 6.45) is 0. The van der Waals surface area contributed by atoms with Gasteiger partial charge in [-0.1, -0.05) is 455 Å². The van der Waals surface area contributed by atoms with Crippen molar-refractivity contribution in [1.82, 2.24) is 0 Å². The van der Waals surface area contributed by atoms with Gasteiger partial charge >= 0.3 is 0 Å². The van der Waals surface area contributed by atoms with Crippen molar-refractivity contribution >= 4 is 194 Å². The van der Waals surface area contributed by atoms with Gasteiger partial charge in [-0.3, -0.25) is 0 Å². The van der Waals surface area contributed by atoms with Crippen LogP contribution in [0.5, 0.6) is 0 Å². The Kier molecular flexibility index (Phi) is 16.4. The van der Waals surface area contributed by atoms with Crippen molar-refractivity contribution in [2.45, 2.75) is 0 Å². The van der Waals surface area contributed by atoms with Gasteiger partial charge in [0.15, 0.2) is 0 Å². The molecule has 0 spiro atoms. The predicted octanol–water partition coefficient (Wildman–Crippen LogP) is 37.4. The van der Waals surface area contributed by atoms with Crippen molar-refractivity contribution in [3.05, 3.63) is 473 Å². The molecule has 0 heteroatoms. The Balaban J connectivity index is 0.0000000991. The second-order valence-electron chi connectivity index (χ2n) is 36.2. The van der Waals surface area contributed by atoms with E-state index in [0.29, 0.717) is 0 Å². The average Bonchev–Trinajstić information content (AvgIpc) is 0.717. The van der Waals surface area contributed by atoms with E-state index in [1.165, 1.54) is 294 Å². The maximum absolute atomic E-state index is 2.38. The van der Waals surface area contributed by atoms with Crippen LogP contribution in [-0.4, -0.2) is 0 Å². The maximum atomic E-state index is 2.38. The van der Waals surface area contributed by atoms with Crippen molar-refractivity contribution in [1.29, 1.82) is 0 Å². The molecule has 0 amide bonds. The third kappa shape index (κ3) is 11.4. The van der Waals surface area contributed by atoms with Gasteiger partial charge < -0.3 is 0 Å². The summed E-state index contributed by atoms with van der Waals surface area (Å²) in [5.41, 5.74) is 22.6. The van der Waals surface area contributed by atoms with Gasteiger partial charge in [0.2, 0.25) is 0 Å². The van der Waals surface area contributed by atoms with Crippen LogP contribution >= 0.6 is 0 Å². The first-order chi connectivity index (χ1) is 65.4.